The Morgan fingerprint density at radius 1 is 0.657 bits per heavy atom. The molecule has 2 atom stereocenters. The van der Waals surface area contributed by atoms with Crippen LogP contribution < -0.4 is 0 Å². The van der Waals surface area contributed by atoms with Gasteiger partial charge in [0.2, 0.25) is 0 Å². The van der Waals surface area contributed by atoms with E-state index in [9.17, 15) is 0 Å². The van der Waals surface area contributed by atoms with Gasteiger partial charge >= 0.3 is 0 Å². The molecule has 0 bridgehead atoms. The van der Waals surface area contributed by atoms with Crippen LogP contribution in [0.15, 0.2) is 72.8 Å². The highest BCUT2D eigenvalue weighted by Gasteiger charge is 2.20. The van der Waals surface area contributed by atoms with E-state index in [4.69, 9.17) is 0 Å². The highest BCUT2D eigenvalue weighted by atomic mass is 14.3. The van der Waals surface area contributed by atoms with E-state index in [1.54, 1.807) is 0 Å². The number of hydrogen-bond donors (Lipinski definition) is 0. The second-order valence-corrected chi connectivity index (χ2v) is 11.3. The van der Waals surface area contributed by atoms with E-state index < -0.39 is 0 Å². The van der Waals surface area contributed by atoms with Crippen LogP contribution in [0.4, 0.5) is 0 Å². The standard InChI is InChI=1S/C35H48/c1-3-5-6-7-29-12-14-31(15-13-29)17-19-33-22-26-35(27-23-33)34-24-20-32(21-25-34)18-16-30-10-8-28(4-2)9-11-30/h8-11,17,19-22,24-26,29,31,33,35H,3-7,12-16,18,23,27H2,1-2H3. The van der Waals surface area contributed by atoms with Crippen LogP contribution in [0.1, 0.15) is 106 Å². The maximum absolute atomic E-state index is 2.57. The van der Waals surface area contributed by atoms with E-state index in [-0.39, 0.29) is 0 Å². The molecule has 2 aromatic carbocycles. The SMILES string of the molecule is CCCCCC1CCC(C=CC2C=CC(c3ccc(CCc4ccc(CC)cc4)cc3)CC2)CC1. The highest BCUT2D eigenvalue weighted by molar-refractivity contribution is 5.31. The van der Waals surface area contributed by atoms with Gasteiger partial charge in [-0.15, -0.1) is 0 Å². The van der Waals surface area contributed by atoms with Gasteiger partial charge in [0.1, 0.15) is 0 Å². The first kappa shape index (κ1) is 26.0. The average molecular weight is 469 g/mol. The normalized spacial score (nSPS) is 24.7. The van der Waals surface area contributed by atoms with Gasteiger partial charge in [-0.1, -0.05) is 112 Å². The van der Waals surface area contributed by atoms with E-state index in [1.165, 1.54) is 86.5 Å². The Balaban J connectivity index is 1.19. The van der Waals surface area contributed by atoms with Crippen LogP contribution in [0.5, 0.6) is 0 Å². The van der Waals surface area contributed by atoms with Gasteiger partial charge in [0, 0.05) is 5.92 Å². The van der Waals surface area contributed by atoms with Crippen LogP contribution in [-0.4, -0.2) is 0 Å². The first-order chi connectivity index (χ1) is 17.2. The first-order valence-electron chi connectivity index (χ1n) is 14.8. The molecule has 0 aliphatic heterocycles. The summed E-state index contributed by atoms with van der Waals surface area (Å²) in [7, 11) is 0. The van der Waals surface area contributed by atoms with Crippen LogP contribution >= 0.6 is 0 Å². The molecule has 0 heterocycles. The number of benzene rings is 2. The minimum atomic E-state index is 0.592. The van der Waals surface area contributed by atoms with Crippen molar-refractivity contribution in [2.75, 3.05) is 0 Å². The Labute approximate surface area is 215 Å². The van der Waals surface area contributed by atoms with Crippen LogP contribution in [0, 0.1) is 17.8 Å². The zero-order chi connectivity index (χ0) is 24.3. The van der Waals surface area contributed by atoms with Crippen molar-refractivity contribution in [1.29, 1.82) is 0 Å². The summed E-state index contributed by atoms with van der Waals surface area (Å²) in [6.07, 6.45) is 27.5. The average Bonchev–Trinajstić information content (AvgIpc) is 2.92. The molecule has 0 nitrogen and oxygen atoms in total. The van der Waals surface area contributed by atoms with Gasteiger partial charge in [-0.3, -0.25) is 0 Å². The van der Waals surface area contributed by atoms with Gasteiger partial charge in [0.15, 0.2) is 0 Å². The van der Waals surface area contributed by atoms with Crippen molar-refractivity contribution in [3.8, 4) is 0 Å². The highest BCUT2D eigenvalue weighted by Crippen LogP contribution is 2.35. The minimum absolute atomic E-state index is 0.592. The summed E-state index contributed by atoms with van der Waals surface area (Å²) in [4.78, 5) is 0. The van der Waals surface area contributed by atoms with Crippen molar-refractivity contribution >= 4 is 0 Å². The third kappa shape index (κ3) is 8.23. The van der Waals surface area contributed by atoms with E-state index in [2.05, 4.69) is 86.7 Å². The molecule has 2 aliphatic carbocycles. The quantitative estimate of drug-likeness (QED) is 0.227. The molecule has 0 saturated heterocycles. The molecule has 0 spiro atoms. The maximum Gasteiger partial charge on any atom is 0.00185 e. The molecule has 0 amide bonds. The minimum Gasteiger partial charge on any atom is -0.0848 e. The van der Waals surface area contributed by atoms with Crippen LogP contribution in [-0.2, 0) is 19.3 Å². The van der Waals surface area contributed by atoms with Gasteiger partial charge in [0.05, 0.1) is 0 Å². The van der Waals surface area contributed by atoms with Crippen LogP contribution in [0.2, 0.25) is 0 Å². The van der Waals surface area contributed by atoms with Gasteiger partial charge < -0.3 is 0 Å². The molecule has 1 fully saturated rings. The van der Waals surface area contributed by atoms with Crippen molar-refractivity contribution in [2.45, 2.75) is 103 Å². The van der Waals surface area contributed by atoms with Gasteiger partial charge in [-0.2, -0.15) is 0 Å². The molecule has 1 saturated carbocycles. The molecule has 2 aromatic rings. The van der Waals surface area contributed by atoms with Crippen molar-refractivity contribution in [3.05, 3.63) is 95.1 Å². The molecule has 188 valence electrons. The largest absolute Gasteiger partial charge is 0.0848 e. The van der Waals surface area contributed by atoms with Gasteiger partial charge in [-0.25, -0.2) is 0 Å². The summed E-state index contributed by atoms with van der Waals surface area (Å²) in [6.45, 7) is 4.53. The zero-order valence-electron chi connectivity index (χ0n) is 22.4. The molecular formula is C35H48. The molecule has 0 radical (unpaired) electrons. The maximum atomic E-state index is 2.57. The number of hydrogen-bond acceptors (Lipinski definition) is 0. The van der Waals surface area contributed by atoms with Crippen molar-refractivity contribution in [2.24, 2.45) is 17.8 Å². The van der Waals surface area contributed by atoms with E-state index >= 15 is 0 Å². The second-order valence-electron chi connectivity index (χ2n) is 11.3. The Morgan fingerprint density at radius 3 is 1.91 bits per heavy atom. The van der Waals surface area contributed by atoms with E-state index in [0.717, 1.165) is 31.1 Å². The van der Waals surface area contributed by atoms with E-state index in [0.29, 0.717) is 11.8 Å². The topological polar surface area (TPSA) is 0 Å². The molecule has 2 aliphatic rings. The Morgan fingerprint density at radius 2 is 1.31 bits per heavy atom. The Bertz CT molecular complexity index is 906. The lowest BCUT2D eigenvalue weighted by Crippen LogP contribution is -2.13. The van der Waals surface area contributed by atoms with Crippen molar-refractivity contribution in [1.82, 2.24) is 0 Å². The molecule has 0 N–H and O–H groups in total. The zero-order valence-corrected chi connectivity index (χ0v) is 22.4. The molecule has 0 aromatic heterocycles. The van der Waals surface area contributed by atoms with Crippen LogP contribution in [0.3, 0.4) is 0 Å². The van der Waals surface area contributed by atoms with Crippen molar-refractivity contribution < 1.29 is 0 Å². The molecular weight excluding hydrogens is 420 g/mol. The summed E-state index contributed by atoms with van der Waals surface area (Å²) < 4.78 is 0. The van der Waals surface area contributed by atoms with Crippen molar-refractivity contribution in [3.63, 3.8) is 0 Å². The fourth-order valence-corrected chi connectivity index (χ4v) is 6.09. The smallest absolute Gasteiger partial charge is 0.00185 e. The molecule has 2 unspecified atom stereocenters. The third-order valence-electron chi connectivity index (χ3n) is 8.68. The summed E-state index contributed by atoms with van der Waals surface area (Å²) in [5, 5.41) is 0. The number of allylic oxidation sites excluding steroid dienone is 4. The van der Waals surface area contributed by atoms with Gasteiger partial charge in [-0.05, 0) is 97.8 Å². The summed E-state index contributed by atoms with van der Waals surface area (Å²) in [6, 6.07) is 18.6. The Hall–Kier alpha value is -2.08. The number of rotatable bonds is 11. The third-order valence-corrected chi connectivity index (χ3v) is 8.68. The van der Waals surface area contributed by atoms with Crippen LogP contribution in [0.25, 0.3) is 0 Å². The fraction of sp³-hybridized carbons (Fsp3) is 0.543. The predicted octanol–water partition coefficient (Wildman–Crippen LogP) is 10.0. The lowest BCUT2D eigenvalue weighted by atomic mass is 9.78. The fourth-order valence-electron chi connectivity index (χ4n) is 6.09. The van der Waals surface area contributed by atoms with Gasteiger partial charge in [0.25, 0.3) is 0 Å². The lowest BCUT2D eigenvalue weighted by molar-refractivity contribution is 0.289. The van der Waals surface area contributed by atoms with E-state index in [1.807, 2.05) is 0 Å². The lowest BCUT2D eigenvalue weighted by Gasteiger charge is -2.27. The first-order valence-corrected chi connectivity index (χ1v) is 14.8. The monoisotopic (exact) mass is 468 g/mol. The number of unbranched alkanes of at least 4 members (excludes halogenated alkanes) is 2. The summed E-state index contributed by atoms with van der Waals surface area (Å²) in [5.74, 6) is 3.08. The summed E-state index contributed by atoms with van der Waals surface area (Å²) in [5.41, 5.74) is 5.81. The Kier molecular flexibility index (Phi) is 10.3. The predicted molar refractivity (Wildman–Crippen MR) is 153 cm³/mol. The molecule has 4 rings (SSSR count). The molecule has 35 heavy (non-hydrogen) atoms. The summed E-state index contributed by atoms with van der Waals surface area (Å²) >= 11 is 0. The second kappa shape index (κ2) is 13.9. The molecule has 0 heteroatoms. The number of aryl methyl sites for hydroxylation is 3.